The zero-order valence-corrected chi connectivity index (χ0v) is 21.0. The molecule has 0 aromatic carbocycles. The third-order valence-electron chi connectivity index (χ3n) is 5.70. The molecular formula is C22H34IN5O3. The number of halogens is 1. The van der Waals surface area contributed by atoms with Crippen molar-refractivity contribution in [3.63, 3.8) is 0 Å². The normalized spacial score (nSPS) is 21.3. The summed E-state index contributed by atoms with van der Waals surface area (Å²) in [4.78, 5) is 25.5. The van der Waals surface area contributed by atoms with Crippen LogP contribution in [0.2, 0.25) is 0 Å². The lowest BCUT2D eigenvalue weighted by atomic mass is 10.2. The van der Waals surface area contributed by atoms with Gasteiger partial charge in [-0.25, -0.2) is 9.78 Å². The third kappa shape index (κ3) is 6.36. The largest absolute Gasteiger partial charge is 0.474 e. The highest BCUT2D eigenvalue weighted by Crippen LogP contribution is 2.23. The summed E-state index contributed by atoms with van der Waals surface area (Å²) in [5, 5.41) is 3.46. The number of piperazine rings is 1. The van der Waals surface area contributed by atoms with Crippen molar-refractivity contribution in [1.29, 1.82) is 0 Å². The summed E-state index contributed by atoms with van der Waals surface area (Å²) in [5.41, 5.74) is 0.648. The second-order valence-electron chi connectivity index (χ2n) is 9.32. The molecule has 1 N–H and O–H groups in total. The summed E-state index contributed by atoms with van der Waals surface area (Å²) < 4.78 is 11.5. The number of hydrogen-bond acceptors (Lipinski definition) is 7. The standard InChI is InChI=1S/C22H33N5O3.HI/c1-22(2,3)30-21(28)26-10-11-27-17(15-26)14-25-20(27)24-13-16-8-9-23-19(12-16)29-18-6-4-5-7-18;/h8-9,12,17-18H,4-7,10-11,13-15H2,1-3H3,(H,24,25);1H. The molecule has 3 aliphatic rings. The Hall–Kier alpha value is -1.78. The van der Waals surface area contributed by atoms with Crippen LogP contribution < -0.4 is 10.1 Å². The second-order valence-corrected chi connectivity index (χ2v) is 9.32. The summed E-state index contributed by atoms with van der Waals surface area (Å²) in [6.45, 7) is 9.07. The summed E-state index contributed by atoms with van der Waals surface area (Å²) in [5.74, 6) is 1.61. The van der Waals surface area contributed by atoms with E-state index in [9.17, 15) is 4.79 Å². The number of hydrogen-bond donors (Lipinski definition) is 1. The first-order chi connectivity index (χ1) is 14.4. The van der Waals surface area contributed by atoms with Gasteiger partial charge in [-0.1, -0.05) is 0 Å². The molecule has 1 atom stereocenters. The summed E-state index contributed by atoms with van der Waals surface area (Å²) >= 11 is 0. The van der Waals surface area contributed by atoms with Crippen LogP contribution in [0.25, 0.3) is 0 Å². The number of amides is 1. The molecule has 1 aliphatic carbocycles. The number of rotatable bonds is 4. The van der Waals surface area contributed by atoms with Gasteiger partial charge in [0.25, 0.3) is 0 Å². The molecule has 172 valence electrons. The number of fused-ring (bicyclic) bond motifs is 1. The molecule has 1 saturated heterocycles. The van der Waals surface area contributed by atoms with E-state index in [4.69, 9.17) is 9.47 Å². The Balaban J connectivity index is 0.00000272. The van der Waals surface area contributed by atoms with Gasteiger partial charge in [0.05, 0.1) is 12.6 Å². The Morgan fingerprint density at radius 1 is 1.26 bits per heavy atom. The molecule has 1 aromatic heterocycles. The maximum atomic E-state index is 12.4. The second kappa shape index (κ2) is 10.2. The van der Waals surface area contributed by atoms with Crippen molar-refractivity contribution >= 4 is 36.0 Å². The zero-order chi connectivity index (χ0) is 21.1. The monoisotopic (exact) mass is 543 g/mol. The van der Waals surface area contributed by atoms with E-state index >= 15 is 0 Å². The maximum absolute atomic E-state index is 12.4. The molecule has 4 rings (SSSR count). The Bertz CT molecular complexity index is 792. The van der Waals surface area contributed by atoms with Crippen LogP contribution in [-0.4, -0.2) is 70.8 Å². The molecule has 1 aromatic rings. The van der Waals surface area contributed by atoms with Gasteiger partial charge in [0.15, 0.2) is 5.96 Å². The van der Waals surface area contributed by atoms with Crippen LogP contribution in [0.4, 0.5) is 4.79 Å². The number of carbonyl (C=O) groups is 1. The lowest BCUT2D eigenvalue weighted by molar-refractivity contribution is 0.0137. The van der Waals surface area contributed by atoms with Crippen LogP contribution >= 0.6 is 24.0 Å². The summed E-state index contributed by atoms with van der Waals surface area (Å²) in [6.07, 6.45) is 6.61. The van der Waals surface area contributed by atoms with Crippen molar-refractivity contribution in [2.24, 2.45) is 4.99 Å². The molecule has 9 heteroatoms. The van der Waals surface area contributed by atoms with Gasteiger partial charge in [-0.05, 0) is 58.1 Å². The van der Waals surface area contributed by atoms with E-state index in [1.54, 1.807) is 11.1 Å². The Morgan fingerprint density at radius 3 is 2.77 bits per heavy atom. The van der Waals surface area contributed by atoms with Gasteiger partial charge in [-0.15, -0.1) is 24.0 Å². The molecule has 0 spiro atoms. The molecule has 1 saturated carbocycles. The Labute approximate surface area is 201 Å². The van der Waals surface area contributed by atoms with Crippen molar-refractivity contribution in [2.45, 2.75) is 70.7 Å². The first-order valence-electron chi connectivity index (χ1n) is 11.0. The fraction of sp³-hybridized carbons (Fsp3) is 0.682. The number of pyridine rings is 1. The number of aromatic nitrogens is 1. The molecule has 2 aliphatic heterocycles. The molecule has 0 radical (unpaired) electrons. The topological polar surface area (TPSA) is 79.3 Å². The van der Waals surface area contributed by atoms with Crippen molar-refractivity contribution < 1.29 is 14.3 Å². The number of carbonyl (C=O) groups excluding carboxylic acids is 1. The molecule has 3 heterocycles. The molecule has 8 nitrogen and oxygen atoms in total. The quantitative estimate of drug-likeness (QED) is 0.587. The van der Waals surface area contributed by atoms with Gasteiger partial charge in [0, 0.05) is 38.4 Å². The first kappa shape index (κ1) is 23.9. The fourth-order valence-corrected chi connectivity index (χ4v) is 4.21. The van der Waals surface area contributed by atoms with E-state index in [1.165, 1.54) is 12.8 Å². The van der Waals surface area contributed by atoms with E-state index in [0.29, 0.717) is 38.2 Å². The number of ether oxygens (including phenoxy) is 2. The highest BCUT2D eigenvalue weighted by atomic mass is 127. The average Bonchev–Trinajstić information content (AvgIpc) is 3.34. The lowest BCUT2D eigenvalue weighted by Gasteiger charge is -2.39. The molecule has 1 amide bonds. The van der Waals surface area contributed by atoms with Crippen LogP contribution in [0.5, 0.6) is 5.88 Å². The molecule has 2 fully saturated rings. The number of nitrogens with one attached hydrogen (secondary N) is 1. The minimum atomic E-state index is -0.474. The number of aliphatic imine (C=N–C) groups is 1. The Kier molecular flexibility index (Phi) is 7.87. The van der Waals surface area contributed by atoms with Crippen LogP contribution in [0.15, 0.2) is 23.3 Å². The average molecular weight is 543 g/mol. The SMILES string of the molecule is CC(C)(C)OC(=O)N1CCN2C(NCc3ccnc(OC4CCCC4)c3)=NCC2C1.I. The Morgan fingerprint density at radius 2 is 2.03 bits per heavy atom. The zero-order valence-electron chi connectivity index (χ0n) is 18.7. The van der Waals surface area contributed by atoms with Gasteiger partial charge in [0.1, 0.15) is 11.7 Å². The van der Waals surface area contributed by atoms with Crippen LogP contribution in [0.3, 0.4) is 0 Å². The minimum Gasteiger partial charge on any atom is -0.474 e. The third-order valence-corrected chi connectivity index (χ3v) is 5.70. The van der Waals surface area contributed by atoms with Crippen molar-refractivity contribution in [3.8, 4) is 5.88 Å². The van der Waals surface area contributed by atoms with Crippen molar-refractivity contribution in [1.82, 2.24) is 20.1 Å². The van der Waals surface area contributed by atoms with Gasteiger partial charge in [-0.2, -0.15) is 0 Å². The minimum absolute atomic E-state index is 0. The highest BCUT2D eigenvalue weighted by Gasteiger charge is 2.36. The molecule has 0 bridgehead atoms. The summed E-state index contributed by atoms with van der Waals surface area (Å²) in [7, 11) is 0. The van der Waals surface area contributed by atoms with Crippen LogP contribution in [0.1, 0.15) is 52.0 Å². The summed E-state index contributed by atoms with van der Waals surface area (Å²) in [6, 6.07) is 4.22. The smallest absolute Gasteiger partial charge is 0.410 e. The van der Waals surface area contributed by atoms with Crippen LogP contribution in [-0.2, 0) is 11.3 Å². The van der Waals surface area contributed by atoms with Crippen molar-refractivity contribution in [3.05, 3.63) is 23.9 Å². The predicted octanol–water partition coefficient (Wildman–Crippen LogP) is 3.40. The fourth-order valence-electron chi connectivity index (χ4n) is 4.21. The first-order valence-corrected chi connectivity index (χ1v) is 11.0. The van der Waals surface area contributed by atoms with E-state index in [2.05, 4.69) is 20.2 Å². The molecule has 1 unspecified atom stereocenters. The predicted molar refractivity (Wildman–Crippen MR) is 130 cm³/mol. The van der Waals surface area contributed by atoms with E-state index in [0.717, 1.165) is 30.9 Å². The number of guanidine groups is 1. The van der Waals surface area contributed by atoms with Gasteiger partial charge >= 0.3 is 6.09 Å². The van der Waals surface area contributed by atoms with E-state index in [-0.39, 0.29) is 36.1 Å². The lowest BCUT2D eigenvalue weighted by Crippen LogP contribution is -2.57. The molecular weight excluding hydrogens is 509 g/mol. The van der Waals surface area contributed by atoms with E-state index in [1.807, 2.05) is 32.9 Å². The maximum Gasteiger partial charge on any atom is 0.410 e. The van der Waals surface area contributed by atoms with Crippen molar-refractivity contribution in [2.75, 3.05) is 26.2 Å². The molecule has 31 heavy (non-hydrogen) atoms. The van der Waals surface area contributed by atoms with Gasteiger partial charge < -0.3 is 24.6 Å². The highest BCUT2D eigenvalue weighted by molar-refractivity contribution is 14.0. The number of nitrogens with zero attached hydrogens (tertiary/aromatic N) is 4. The van der Waals surface area contributed by atoms with Gasteiger partial charge in [-0.3, -0.25) is 4.99 Å². The van der Waals surface area contributed by atoms with Gasteiger partial charge in [0.2, 0.25) is 5.88 Å². The van der Waals surface area contributed by atoms with E-state index < -0.39 is 5.60 Å². The van der Waals surface area contributed by atoms with Crippen LogP contribution in [0, 0.1) is 0 Å².